The lowest BCUT2D eigenvalue weighted by atomic mass is 10.5. The molecule has 5 heteroatoms. The summed E-state index contributed by atoms with van der Waals surface area (Å²) in [4.78, 5) is 7.12. The zero-order valence-electron chi connectivity index (χ0n) is 6.13. The molecule has 0 aromatic carbocycles. The van der Waals surface area contributed by atoms with E-state index < -0.39 is 5.82 Å². The van der Waals surface area contributed by atoms with Gasteiger partial charge in [-0.15, -0.1) is 0 Å². The Balaban J connectivity index is 2.93. The van der Waals surface area contributed by atoms with Gasteiger partial charge in [-0.05, 0) is 6.92 Å². The van der Waals surface area contributed by atoms with Crippen molar-refractivity contribution in [3.63, 3.8) is 0 Å². The van der Waals surface area contributed by atoms with Crippen LogP contribution in [-0.2, 0) is 0 Å². The normalized spacial score (nSPS) is 9.64. The van der Waals surface area contributed by atoms with Gasteiger partial charge in [-0.2, -0.15) is 4.98 Å². The number of rotatable bonds is 2. The molecule has 1 aromatic rings. The lowest BCUT2D eigenvalue weighted by Gasteiger charge is -2.02. The van der Waals surface area contributed by atoms with E-state index in [1.165, 1.54) is 0 Å². The first-order valence-electron chi connectivity index (χ1n) is 3.26. The molecule has 0 radical (unpaired) electrons. The Morgan fingerprint density at radius 2 is 2.45 bits per heavy atom. The Labute approximate surface area is 63.7 Å². The summed E-state index contributed by atoms with van der Waals surface area (Å²) in [6, 6.07) is 0. The van der Waals surface area contributed by atoms with Crippen molar-refractivity contribution in [2.24, 2.45) is 0 Å². The standard InChI is InChI=1S/C6H9FN4/c1-2-9-5-4(7)3-10-6(8)11-5/h3H,2H2,1H3,(H3,8,9,10,11). The molecule has 0 fully saturated rings. The second kappa shape index (κ2) is 3.14. The monoisotopic (exact) mass is 156 g/mol. The van der Waals surface area contributed by atoms with Crippen LogP contribution in [0.4, 0.5) is 16.2 Å². The minimum Gasteiger partial charge on any atom is -0.368 e. The third-order valence-electron chi connectivity index (χ3n) is 1.11. The predicted octanol–water partition coefficient (Wildman–Crippen LogP) is 0.630. The molecule has 0 saturated carbocycles. The van der Waals surface area contributed by atoms with Crippen molar-refractivity contribution in [1.29, 1.82) is 0 Å². The number of anilines is 2. The molecule has 11 heavy (non-hydrogen) atoms. The van der Waals surface area contributed by atoms with Crippen LogP contribution in [-0.4, -0.2) is 16.5 Å². The fourth-order valence-corrected chi connectivity index (χ4v) is 0.672. The van der Waals surface area contributed by atoms with Gasteiger partial charge in [-0.25, -0.2) is 9.37 Å². The molecule has 1 aromatic heterocycles. The zero-order chi connectivity index (χ0) is 8.27. The maximum absolute atomic E-state index is 12.7. The molecule has 4 nitrogen and oxygen atoms in total. The van der Waals surface area contributed by atoms with Gasteiger partial charge in [0, 0.05) is 6.54 Å². The smallest absolute Gasteiger partial charge is 0.222 e. The zero-order valence-corrected chi connectivity index (χ0v) is 6.13. The highest BCUT2D eigenvalue weighted by Crippen LogP contribution is 2.08. The number of nitrogens with zero attached hydrogens (tertiary/aromatic N) is 2. The van der Waals surface area contributed by atoms with Gasteiger partial charge in [0.1, 0.15) is 0 Å². The van der Waals surface area contributed by atoms with Gasteiger partial charge < -0.3 is 11.1 Å². The van der Waals surface area contributed by atoms with E-state index in [1.54, 1.807) is 0 Å². The summed E-state index contributed by atoms with van der Waals surface area (Å²) in [5.74, 6) is -0.261. The number of nitrogens with one attached hydrogen (secondary N) is 1. The maximum atomic E-state index is 12.7. The van der Waals surface area contributed by atoms with Gasteiger partial charge >= 0.3 is 0 Å². The Morgan fingerprint density at radius 3 is 3.09 bits per heavy atom. The number of hydrogen-bond donors (Lipinski definition) is 2. The third-order valence-corrected chi connectivity index (χ3v) is 1.11. The average molecular weight is 156 g/mol. The van der Waals surface area contributed by atoms with Gasteiger partial charge in [0.15, 0.2) is 11.6 Å². The Bertz CT molecular complexity index is 250. The van der Waals surface area contributed by atoms with Crippen molar-refractivity contribution >= 4 is 11.8 Å². The molecule has 0 saturated heterocycles. The Kier molecular flexibility index (Phi) is 2.20. The van der Waals surface area contributed by atoms with Crippen molar-refractivity contribution in [1.82, 2.24) is 9.97 Å². The summed E-state index contributed by atoms with van der Waals surface area (Å²) in [5, 5.41) is 2.71. The highest BCUT2D eigenvalue weighted by molar-refractivity contribution is 5.38. The van der Waals surface area contributed by atoms with Gasteiger partial charge in [-0.3, -0.25) is 0 Å². The first kappa shape index (κ1) is 7.71. The van der Waals surface area contributed by atoms with Crippen LogP contribution in [0.2, 0.25) is 0 Å². The number of aromatic nitrogens is 2. The largest absolute Gasteiger partial charge is 0.368 e. The van der Waals surface area contributed by atoms with Crippen molar-refractivity contribution in [2.75, 3.05) is 17.6 Å². The van der Waals surface area contributed by atoms with Crippen LogP contribution in [0.5, 0.6) is 0 Å². The van der Waals surface area contributed by atoms with E-state index in [1.807, 2.05) is 6.92 Å². The van der Waals surface area contributed by atoms with Crippen LogP contribution < -0.4 is 11.1 Å². The molecule has 0 spiro atoms. The van der Waals surface area contributed by atoms with E-state index in [2.05, 4.69) is 15.3 Å². The molecule has 0 bridgehead atoms. The number of hydrogen-bond acceptors (Lipinski definition) is 4. The minimum atomic E-state index is -0.485. The molecule has 3 N–H and O–H groups in total. The number of nitrogen functional groups attached to an aromatic ring is 1. The predicted molar refractivity (Wildman–Crippen MR) is 40.6 cm³/mol. The molecule has 0 unspecified atom stereocenters. The molecule has 60 valence electrons. The molecule has 0 aliphatic carbocycles. The molecule has 0 aliphatic heterocycles. The van der Waals surface area contributed by atoms with E-state index in [0.29, 0.717) is 6.54 Å². The van der Waals surface area contributed by atoms with Crippen molar-refractivity contribution < 1.29 is 4.39 Å². The van der Waals surface area contributed by atoms with Gasteiger partial charge in [-0.1, -0.05) is 0 Å². The van der Waals surface area contributed by atoms with Crippen molar-refractivity contribution in [3.8, 4) is 0 Å². The van der Waals surface area contributed by atoms with Crippen LogP contribution in [0.25, 0.3) is 0 Å². The SMILES string of the molecule is CCNc1nc(N)ncc1F. The molecule has 1 heterocycles. The quantitative estimate of drug-likeness (QED) is 0.659. The van der Waals surface area contributed by atoms with E-state index in [9.17, 15) is 4.39 Å². The topological polar surface area (TPSA) is 63.8 Å². The highest BCUT2D eigenvalue weighted by atomic mass is 19.1. The second-order valence-electron chi connectivity index (χ2n) is 1.96. The van der Waals surface area contributed by atoms with E-state index in [-0.39, 0.29) is 11.8 Å². The van der Waals surface area contributed by atoms with Gasteiger partial charge in [0.25, 0.3) is 0 Å². The lowest BCUT2D eigenvalue weighted by Crippen LogP contribution is -2.05. The van der Waals surface area contributed by atoms with Crippen molar-refractivity contribution in [3.05, 3.63) is 12.0 Å². The third kappa shape index (κ3) is 1.76. The van der Waals surface area contributed by atoms with Gasteiger partial charge in [0.05, 0.1) is 6.20 Å². The summed E-state index contributed by atoms with van der Waals surface area (Å²) < 4.78 is 12.7. The second-order valence-corrected chi connectivity index (χ2v) is 1.96. The van der Waals surface area contributed by atoms with Crippen LogP contribution >= 0.6 is 0 Å². The van der Waals surface area contributed by atoms with Crippen LogP contribution in [0.15, 0.2) is 6.20 Å². The average Bonchev–Trinajstić information content (AvgIpc) is 1.98. The fraction of sp³-hybridized carbons (Fsp3) is 0.333. The highest BCUT2D eigenvalue weighted by Gasteiger charge is 2.02. The van der Waals surface area contributed by atoms with Crippen LogP contribution in [0.1, 0.15) is 6.92 Å². The molecule has 1 rings (SSSR count). The Morgan fingerprint density at radius 1 is 1.73 bits per heavy atom. The summed E-state index contributed by atoms with van der Waals surface area (Å²) in [6.07, 6.45) is 1.04. The van der Waals surface area contributed by atoms with Crippen LogP contribution in [0.3, 0.4) is 0 Å². The molecular weight excluding hydrogens is 147 g/mol. The summed E-state index contributed by atoms with van der Waals surface area (Å²) in [5.41, 5.74) is 5.23. The lowest BCUT2D eigenvalue weighted by molar-refractivity contribution is 0.618. The van der Waals surface area contributed by atoms with E-state index in [0.717, 1.165) is 6.20 Å². The molecular formula is C6H9FN4. The molecule has 0 atom stereocenters. The maximum Gasteiger partial charge on any atom is 0.222 e. The summed E-state index contributed by atoms with van der Waals surface area (Å²) in [6.45, 7) is 2.45. The minimum absolute atomic E-state index is 0.0716. The summed E-state index contributed by atoms with van der Waals surface area (Å²) in [7, 11) is 0. The van der Waals surface area contributed by atoms with Crippen LogP contribution in [0, 0.1) is 5.82 Å². The first-order valence-corrected chi connectivity index (χ1v) is 3.26. The van der Waals surface area contributed by atoms with E-state index >= 15 is 0 Å². The molecule has 0 aliphatic rings. The fourth-order valence-electron chi connectivity index (χ4n) is 0.672. The molecule has 0 amide bonds. The van der Waals surface area contributed by atoms with Crippen molar-refractivity contribution in [2.45, 2.75) is 6.92 Å². The number of nitrogens with two attached hydrogens (primary N) is 1. The van der Waals surface area contributed by atoms with E-state index in [4.69, 9.17) is 5.73 Å². The summed E-state index contributed by atoms with van der Waals surface area (Å²) >= 11 is 0. The number of halogens is 1. The van der Waals surface area contributed by atoms with Gasteiger partial charge in [0.2, 0.25) is 5.95 Å². The first-order chi connectivity index (χ1) is 5.24. The Hall–Kier alpha value is -1.39.